The van der Waals surface area contributed by atoms with Gasteiger partial charge in [0.25, 0.3) is 0 Å². The highest BCUT2D eigenvalue weighted by Gasteiger charge is 2.11. The number of hydrogen-bond acceptors (Lipinski definition) is 5. The lowest BCUT2D eigenvalue weighted by atomic mass is 10.1. The van der Waals surface area contributed by atoms with E-state index in [1.54, 1.807) is 21.8 Å². The molecule has 7 nitrogen and oxygen atoms in total. The van der Waals surface area contributed by atoms with E-state index in [1.807, 2.05) is 13.2 Å². The van der Waals surface area contributed by atoms with Crippen molar-refractivity contribution in [2.24, 2.45) is 12.8 Å². The van der Waals surface area contributed by atoms with E-state index in [2.05, 4.69) is 15.4 Å². The lowest BCUT2D eigenvalue weighted by molar-refractivity contribution is 0.0978. The van der Waals surface area contributed by atoms with Crippen LogP contribution in [0, 0.1) is 0 Å². The molecule has 2 aromatic rings. The number of rotatable bonds is 6. The molecule has 2 aromatic heterocycles. The minimum absolute atomic E-state index is 0.0119. The van der Waals surface area contributed by atoms with Gasteiger partial charge in [0, 0.05) is 26.2 Å². The van der Waals surface area contributed by atoms with E-state index < -0.39 is 0 Å². The summed E-state index contributed by atoms with van der Waals surface area (Å²) in [5, 5.41) is 11.7. The predicted octanol–water partition coefficient (Wildman–Crippen LogP) is -0.214. The molecule has 0 spiro atoms. The Hall–Kier alpha value is -2.02. The van der Waals surface area contributed by atoms with Gasteiger partial charge in [-0.25, -0.2) is 0 Å². The van der Waals surface area contributed by atoms with Gasteiger partial charge >= 0.3 is 0 Å². The van der Waals surface area contributed by atoms with Gasteiger partial charge in [-0.15, -0.1) is 5.10 Å². The molecule has 2 rings (SSSR count). The molecule has 0 unspecified atom stereocenters. The molecule has 18 heavy (non-hydrogen) atoms. The molecule has 0 saturated carbocycles. The molecule has 0 aliphatic heterocycles. The second kappa shape index (κ2) is 5.54. The third-order valence-corrected chi connectivity index (χ3v) is 2.58. The number of nitrogens with two attached hydrogens (primary N) is 1. The average Bonchev–Trinajstić information content (AvgIpc) is 2.96. The van der Waals surface area contributed by atoms with Gasteiger partial charge in [-0.3, -0.25) is 14.2 Å². The largest absolute Gasteiger partial charge is 0.329 e. The molecule has 0 aliphatic carbocycles. The standard InChI is InChI=1S/C11H16N6O/c1-16-7-9(6-13-16)2-3-11(18)10-8-17(5-4-12)15-14-10/h6-8H,2-5,12H2,1H3. The van der Waals surface area contributed by atoms with E-state index in [4.69, 9.17) is 5.73 Å². The normalized spacial score (nSPS) is 10.8. The molecule has 0 radical (unpaired) electrons. The summed E-state index contributed by atoms with van der Waals surface area (Å²) in [6.07, 6.45) is 6.37. The summed E-state index contributed by atoms with van der Waals surface area (Å²) in [6.45, 7) is 1.05. The van der Waals surface area contributed by atoms with E-state index in [-0.39, 0.29) is 5.78 Å². The molecular weight excluding hydrogens is 232 g/mol. The highest BCUT2D eigenvalue weighted by Crippen LogP contribution is 2.05. The summed E-state index contributed by atoms with van der Waals surface area (Å²) in [5.41, 5.74) is 6.84. The number of nitrogens with zero attached hydrogens (tertiary/aromatic N) is 5. The molecule has 7 heteroatoms. The van der Waals surface area contributed by atoms with E-state index in [1.165, 1.54) is 0 Å². The monoisotopic (exact) mass is 248 g/mol. The van der Waals surface area contributed by atoms with Crippen molar-refractivity contribution in [2.45, 2.75) is 19.4 Å². The predicted molar refractivity (Wildman–Crippen MR) is 64.9 cm³/mol. The zero-order valence-electron chi connectivity index (χ0n) is 10.3. The summed E-state index contributed by atoms with van der Waals surface area (Å²) in [7, 11) is 1.85. The minimum Gasteiger partial charge on any atom is -0.329 e. The van der Waals surface area contributed by atoms with Crippen LogP contribution in [0.25, 0.3) is 0 Å². The fourth-order valence-corrected chi connectivity index (χ4v) is 1.65. The first-order valence-electron chi connectivity index (χ1n) is 5.80. The molecule has 0 bridgehead atoms. The van der Waals surface area contributed by atoms with Crippen molar-refractivity contribution in [3.05, 3.63) is 29.8 Å². The van der Waals surface area contributed by atoms with Gasteiger partial charge in [-0.05, 0) is 12.0 Å². The van der Waals surface area contributed by atoms with Gasteiger partial charge in [0.15, 0.2) is 5.78 Å². The molecule has 2 heterocycles. The van der Waals surface area contributed by atoms with Crippen LogP contribution in [0.2, 0.25) is 0 Å². The van der Waals surface area contributed by atoms with Crippen molar-refractivity contribution in [3.8, 4) is 0 Å². The van der Waals surface area contributed by atoms with Crippen LogP contribution in [0.1, 0.15) is 22.5 Å². The number of hydrogen-bond donors (Lipinski definition) is 1. The first kappa shape index (κ1) is 12.4. The van der Waals surface area contributed by atoms with Crippen molar-refractivity contribution in [2.75, 3.05) is 6.54 Å². The Morgan fingerprint density at radius 1 is 1.44 bits per heavy atom. The zero-order valence-corrected chi connectivity index (χ0v) is 10.3. The van der Waals surface area contributed by atoms with Crippen LogP contribution >= 0.6 is 0 Å². The third-order valence-electron chi connectivity index (χ3n) is 2.58. The topological polar surface area (TPSA) is 91.6 Å². The van der Waals surface area contributed by atoms with E-state index >= 15 is 0 Å². The fourth-order valence-electron chi connectivity index (χ4n) is 1.65. The van der Waals surface area contributed by atoms with Gasteiger partial charge < -0.3 is 5.73 Å². The lowest BCUT2D eigenvalue weighted by Crippen LogP contribution is -2.10. The quantitative estimate of drug-likeness (QED) is 0.714. The highest BCUT2D eigenvalue weighted by atomic mass is 16.1. The van der Waals surface area contributed by atoms with Gasteiger partial charge in [-0.2, -0.15) is 5.10 Å². The van der Waals surface area contributed by atoms with Crippen LogP contribution < -0.4 is 5.73 Å². The van der Waals surface area contributed by atoms with Crippen molar-refractivity contribution in [3.63, 3.8) is 0 Å². The summed E-state index contributed by atoms with van der Waals surface area (Å²) in [4.78, 5) is 11.9. The lowest BCUT2D eigenvalue weighted by Gasteiger charge is -1.95. The van der Waals surface area contributed by atoms with Crippen molar-refractivity contribution < 1.29 is 4.79 Å². The molecule has 0 amide bonds. The third kappa shape index (κ3) is 3.01. The number of aromatic nitrogens is 5. The molecule has 2 N–H and O–H groups in total. The van der Waals surface area contributed by atoms with Gasteiger partial charge in [0.2, 0.25) is 0 Å². The number of carbonyl (C=O) groups excluding carboxylic acids is 1. The molecule has 0 aliphatic rings. The molecule has 0 atom stereocenters. The smallest absolute Gasteiger partial charge is 0.185 e. The number of ketones is 1. The molecule has 0 saturated heterocycles. The van der Waals surface area contributed by atoms with Crippen molar-refractivity contribution in [1.29, 1.82) is 0 Å². The van der Waals surface area contributed by atoms with Crippen LogP contribution in [0.15, 0.2) is 18.6 Å². The SMILES string of the molecule is Cn1cc(CCC(=O)c2cn(CCN)nn2)cn1. The first-order valence-corrected chi connectivity index (χ1v) is 5.80. The van der Waals surface area contributed by atoms with Crippen LogP contribution in [-0.2, 0) is 20.0 Å². The highest BCUT2D eigenvalue weighted by molar-refractivity contribution is 5.93. The Kier molecular flexibility index (Phi) is 3.83. The van der Waals surface area contributed by atoms with E-state index in [0.717, 1.165) is 5.56 Å². The van der Waals surface area contributed by atoms with Gasteiger partial charge in [0.05, 0.1) is 18.9 Å². The van der Waals surface area contributed by atoms with E-state index in [0.29, 0.717) is 31.6 Å². The maximum absolute atomic E-state index is 11.9. The first-order chi connectivity index (χ1) is 8.69. The molecule has 96 valence electrons. The molecule has 0 fully saturated rings. The maximum Gasteiger partial charge on any atom is 0.185 e. The second-order valence-electron chi connectivity index (χ2n) is 4.10. The Balaban J connectivity index is 1.90. The fraction of sp³-hybridized carbons (Fsp3) is 0.455. The van der Waals surface area contributed by atoms with Crippen LogP contribution in [0.3, 0.4) is 0 Å². The van der Waals surface area contributed by atoms with Crippen molar-refractivity contribution in [1.82, 2.24) is 24.8 Å². The Morgan fingerprint density at radius 3 is 2.94 bits per heavy atom. The summed E-state index contributed by atoms with van der Waals surface area (Å²) in [5.74, 6) is -0.0119. The summed E-state index contributed by atoms with van der Waals surface area (Å²) >= 11 is 0. The number of Topliss-reactive ketones (excluding diaryl/α,β-unsaturated/α-hetero) is 1. The molecular formula is C11H16N6O. The summed E-state index contributed by atoms with van der Waals surface area (Å²) < 4.78 is 3.30. The van der Waals surface area contributed by atoms with Crippen LogP contribution in [0.5, 0.6) is 0 Å². The van der Waals surface area contributed by atoms with Gasteiger partial charge in [-0.1, -0.05) is 5.21 Å². The average molecular weight is 248 g/mol. The Labute approximate surface area is 105 Å². The molecule has 0 aromatic carbocycles. The Bertz CT molecular complexity index is 529. The Morgan fingerprint density at radius 2 is 2.28 bits per heavy atom. The zero-order chi connectivity index (χ0) is 13.0. The minimum atomic E-state index is -0.0119. The number of aryl methyl sites for hydroxylation is 2. The van der Waals surface area contributed by atoms with Gasteiger partial charge in [0.1, 0.15) is 5.69 Å². The van der Waals surface area contributed by atoms with Crippen molar-refractivity contribution >= 4 is 5.78 Å². The van der Waals surface area contributed by atoms with E-state index in [9.17, 15) is 4.79 Å². The maximum atomic E-state index is 11.9. The summed E-state index contributed by atoms with van der Waals surface area (Å²) in [6, 6.07) is 0. The second-order valence-corrected chi connectivity index (χ2v) is 4.10. The van der Waals surface area contributed by atoms with Crippen LogP contribution in [-0.4, -0.2) is 37.1 Å². The number of carbonyl (C=O) groups is 1. The van der Waals surface area contributed by atoms with Crippen LogP contribution in [0.4, 0.5) is 0 Å².